The second kappa shape index (κ2) is 11.7. The molecule has 0 fully saturated rings. The summed E-state index contributed by atoms with van der Waals surface area (Å²) in [6.07, 6.45) is -9.66. The van der Waals surface area contributed by atoms with Gasteiger partial charge in [0.2, 0.25) is 0 Å². The maximum absolute atomic E-state index is 15.3. The standard InChI is InChI=1S/C32H23F6N2O3P/c33-31(34,35)25-17-20(39)11-14-27(25)42-22-13-16-29(43-28-15-12-21(40)18-26(28)32(36,37)38)30(19-22)44(41,23-7-3-1-4-8-23)24-9-5-2-6-10-24/h1-19H,39-40H2. The molecule has 0 spiro atoms. The highest BCUT2D eigenvalue weighted by Crippen LogP contribution is 2.48. The minimum absolute atomic E-state index is 0.110. The second-order valence-electron chi connectivity index (χ2n) is 9.62. The lowest BCUT2D eigenvalue weighted by atomic mass is 10.1. The first-order valence-electron chi connectivity index (χ1n) is 12.9. The Labute approximate surface area is 248 Å². The lowest BCUT2D eigenvalue weighted by molar-refractivity contribution is -0.139. The highest BCUT2D eigenvalue weighted by molar-refractivity contribution is 7.85. The Balaban J connectivity index is 1.74. The van der Waals surface area contributed by atoms with Crippen molar-refractivity contribution in [2.75, 3.05) is 11.5 Å². The first-order valence-corrected chi connectivity index (χ1v) is 14.6. The third-order valence-corrected chi connectivity index (χ3v) is 9.65. The van der Waals surface area contributed by atoms with Crippen molar-refractivity contribution in [2.24, 2.45) is 0 Å². The van der Waals surface area contributed by atoms with E-state index in [4.69, 9.17) is 20.9 Å². The molecule has 0 atom stereocenters. The predicted octanol–water partition coefficient (Wildman–Crippen LogP) is 8.11. The minimum atomic E-state index is -4.85. The Kier molecular flexibility index (Phi) is 8.09. The zero-order valence-corrected chi connectivity index (χ0v) is 23.5. The smallest absolute Gasteiger partial charge is 0.420 e. The normalized spacial score (nSPS) is 12.1. The van der Waals surface area contributed by atoms with E-state index in [1.807, 2.05) is 0 Å². The molecule has 0 unspecified atom stereocenters. The van der Waals surface area contributed by atoms with Crippen molar-refractivity contribution in [3.05, 3.63) is 126 Å². The van der Waals surface area contributed by atoms with E-state index in [0.717, 1.165) is 12.1 Å². The summed E-state index contributed by atoms with van der Waals surface area (Å²) in [7, 11) is -3.95. The molecular formula is C32H23F6N2O3P. The molecule has 0 aliphatic rings. The van der Waals surface area contributed by atoms with Gasteiger partial charge in [-0.25, -0.2) is 0 Å². The summed E-state index contributed by atoms with van der Waals surface area (Å²) in [4.78, 5) is 0. The van der Waals surface area contributed by atoms with Gasteiger partial charge in [0.15, 0.2) is 7.14 Å². The molecule has 4 N–H and O–H groups in total. The molecule has 0 aliphatic carbocycles. The van der Waals surface area contributed by atoms with Gasteiger partial charge in [0.25, 0.3) is 0 Å². The van der Waals surface area contributed by atoms with Crippen LogP contribution >= 0.6 is 7.14 Å². The average molecular weight is 629 g/mol. The number of hydrogen-bond acceptors (Lipinski definition) is 5. The maximum Gasteiger partial charge on any atom is 0.420 e. The summed E-state index contributed by atoms with van der Waals surface area (Å²) >= 11 is 0. The molecule has 5 rings (SSSR count). The fourth-order valence-electron chi connectivity index (χ4n) is 4.56. The largest absolute Gasteiger partial charge is 0.457 e. The number of hydrogen-bond donors (Lipinski definition) is 2. The monoisotopic (exact) mass is 628 g/mol. The molecule has 5 nitrogen and oxygen atoms in total. The number of benzene rings is 5. The van der Waals surface area contributed by atoms with E-state index in [0.29, 0.717) is 22.7 Å². The van der Waals surface area contributed by atoms with Gasteiger partial charge in [0.1, 0.15) is 34.1 Å². The van der Waals surface area contributed by atoms with Crippen LogP contribution in [0.3, 0.4) is 0 Å². The fraction of sp³-hybridized carbons (Fsp3) is 0.0625. The molecule has 0 saturated carbocycles. The molecule has 0 bridgehead atoms. The van der Waals surface area contributed by atoms with Crippen LogP contribution in [0.25, 0.3) is 0 Å². The van der Waals surface area contributed by atoms with Crippen molar-refractivity contribution >= 4 is 34.4 Å². The Bertz CT molecular complexity index is 1800. The molecule has 44 heavy (non-hydrogen) atoms. The first kappa shape index (κ1) is 30.6. The number of anilines is 2. The van der Waals surface area contributed by atoms with E-state index in [1.54, 1.807) is 60.7 Å². The maximum atomic E-state index is 15.3. The van der Waals surface area contributed by atoms with Gasteiger partial charge in [-0.3, -0.25) is 0 Å². The van der Waals surface area contributed by atoms with Crippen molar-refractivity contribution in [3.63, 3.8) is 0 Å². The zero-order valence-electron chi connectivity index (χ0n) is 22.6. The molecule has 12 heteroatoms. The van der Waals surface area contributed by atoms with Gasteiger partial charge >= 0.3 is 12.4 Å². The summed E-state index contributed by atoms with van der Waals surface area (Å²) in [6, 6.07) is 25.8. The van der Waals surface area contributed by atoms with E-state index in [9.17, 15) is 26.3 Å². The van der Waals surface area contributed by atoms with Crippen LogP contribution in [0.4, 0.5) is 37.7 Å². The lowest BCUT2D eigenvalue weighted by Gasteiger charge is -2.24. The number of nitrogen functional groups attached to an aromatic ring is 2. The molecule has 5 aromatic carbocycles. The van der Waals surface area contributed by atoms with Crippen LogP contribution in [0.15, 0.2) is 115 Å². The van der Waals surface area contributed by atoms with Crippen LogP contribution < -0.4 is 36.9 Å². The Morgan fingerprint density at radius 1 is 0.523 bits per heavy atom. The second-order valence-corrected chi connectivity index (χ2v) is 12.4. The molecule has 0 saturated heterocycles. The van der Waals surface area contributed by atoms with Crippen LogP contribution in [0.5, 0.6) is 23.0 Å². The summed E-state index contributed by atoms with van der Waals surface area (Å²) in [5, 5.41) is 0.483. The van der Waals surface area contributed by atoms with Crippen LogP contribution in [-0.2, 0) is 16.9 Å². The quantitative estimate of drug-likeness (QED) is 0.108. The highest BCUT2D eigenvalue weighted by atomic mass is 31.2. The van der Waals surface area contributed by atoms with Crippen LogP contribution in [0.1, 0.15) is 11.1 Å². The Morgan fingerprint density at radius 2 is 0.955 bits per heavy atom. The van der Waals surface area contributed by atoms with Gasteiger partial charge in [-0.1, -0.05) is 60.7 Å². The first-order chi connectivity index (χ1) is 20.8. The van der Waals surface area contributed by atoms with Gasteiger partial charge in [0, 0.05) is 22.0 Å². The average Bonchev–Trinajstić information content (AvgIpc) is 2.99. The summed E-state index contributed by atoms with van der Waals surface area (Å²) < 4.78 is 110. The SMILES string of the molecule is Nc1ccc(Oc2ccc(Oc3ccc(N)cc3C(F)(F)F)c(P(=O)(c3ccccc3)c3ccccc3)c2)c(C(F)(F)F)c1. The highest BCUT2D eigenvalue weighted by Gasteiger charge is 2.38. The van der Waals surface area contributed by atoms with E-state index in [-0.39, 0.29) is 28.2 Å². The number of halogens is 6. The van der Waals surface area contributed by atoms with Crippen molar-refractivity contribution in [2.45, 2.75) is 12.4 Å². The third kappa shape index (κ3) is 6.23. The molecule has 0 amide bonds. The Hall–Kier alpha value is -4.89. The van der Waals surface area contributed by atoms with E-state index in [1.165, 1.54) is 30.3 Å². The molecule has 226 valence electrons. The number of alkyl halides is 6. The summed E-state index contributed by atoms with van der Waals surface area (Å²) in [5.41, 5.74) is 8.57. The van der Waals surface area contributed by atoms with Gasteiger partial charge in [-0.15, -0.1) is 0 Å². The minimum Gasteiger partial charge on any atom is -0.457 e. The van der Waals surface area contributed by atoms with Crippen molar-refractivity contribution in [1.29, 1.82) is 0 Å². The number of rotatable bonds is 7. The number of nitrogens with two attached hydrogens (primary N) is 2. The zero-order chi connectivity index (χ0) is 31.7. The lowest BCUT2D eigenvalue weighted by Crippen LogP contribution is -2.26. The van der Waals surface area contributed by atoms with Crippen LogP contribution in [-0.4, -0.2) is 0 Å². The van der Waals surface area contributed by atoms with E-state index >= 15 is 4.57 Å². The Morgan fingerprint density at radius 3 is 1.41 bits per heavy atom. The van der Waals surface area contributed by atoms with Crippen LogP contribution in [0.2, 0.25) is 0 Å². The van der Waals surface area contributed by atoms with Crippen molar-refractivity contribution < 1.29 is 40.4 Å². The van der Waals surface area contributed by atoms with Gasteiger partial charge in [-0.2, -0.15) is 26.3 Å². The summed E-state index contributed by atoms with van der Waals surface area (Å²) in [5.74, 6) is -1.62. The molecule has 0 radical (unpaired) electrons. The van der Waals surface area contributed by atoms with E-state index in [2.05, 4.69) is 0 Å². The van der Waals surface area contributed by atoms with Crippen LogP contribution in [0, 0.1) is 0 Å². The molecule has 0 aliphatic heterocycles. The molecule has 0 heterocycles. The third-order valence-electron chi connectivity index (χ3n) is 6.58. The number of ether oxygens (including phenoxy) is 2. The van der Waals surface area contributed by atoms with Gasteiger partial charge in [-0.05, 0) is 54.6 Å². The van der Waals surface area contributed by atoms with E-state index < -0.39 is 42.1 Å². The topological polar surface area (TPSA) is 87.6 Å². The fourth-order valence-corrected chi connectivity index (χ4v) is 7.34. The van der Waals surface area contributed by atoms with Crippen molar-refractivity contribution in [3.8, 4) is 23.0 Å². The molecule has 0 aromatic heterocycles. The van der Waals surface area contributed by atoms with Gasteiger partial charge in [0.05, 0.1) is 5.30 Å². The predicted molar refractivity (Wildman–Crippen MR) is 158 cm³/mol. The molecular weight excluding hydrogens is 605 g/mol. The molecule has 5 aromatic rings. The summed E-state index contributed by atoms with van der Waals surface area (Å²) in [6.45, 7) is 0. The van der Waals surface area contributed by atoms with Gasteiger partial charge < -0.3 is 25.5 Å². The van der Waals surface area contributed by atoms with Crippen molar-refractivity contribution in [1.82, 2.24) is 0 Å².